The number of benzene rings is 1. The third-order valence-electron chi connectivity index (χ3n) is 4.38. The van der Waals surface area contributed by atoms with Gasteiger partial charge in [-0.1, -0.05) is 20.8 Å². The van der Waals surface area contributed by atoms with E-state index in [2.05, 4.69) is 44.8 Å². The van der Waals surface area contributed by atoms with Crippen LogP contribution in [0.5, 0.6) is 0 Å². The minimum atomic E-state index is -0.239. The fourth-order valence-electron chi connectivity index (χ4n) is 3.70. The van der Waals surface area contributed by atoms with E-state index < -0.39 is 0 Å². The summed E-state index contributed by atoms with van der Waals surface area (Å²) in [6, 6.07) is 7.79. The summed E-state index contributed by atoms with van der Waals surface area (Å²) >= 11 is 0. The molecule has 0 unspecified atom stereocenters. The number of hydrogen-bond acceptors (Lipinski definition) is 3. The zero-order chi connectivity index (χ0) is 18.0. The van der Waals surface area contributed by atoms with Gasteiger partial charge >= 0.3 is 0 Å². The molecular formula is C20H32N2O2. The van der Waals surface area contributed by atoms with Gasteiger partial charge in [0.1, 0.15) is 0 Å². The van der Waals surface area contributed by atoms with Crippen LogP contribution < -0.4 is 10.2 Å². The van der Waals surface area contributed by atoms with Crippen LogP contribution in [0.15, 0.2) is 24.3 Å². The molecule has 134 valence electrons. The fraction of sp³-hybridized carbons (Fsp3) is 0.650. The lowest BCUT2D eigenvalue weighted by molar-refractivity contribution is 0.0891. The van der Waals surface area contributed by atoms with E-state index in [0.29, 0.717) is 5.56 Å². The Kier molecular flexibility index (Phi) is 5.59. The molecule has 1 aliphatic rings. The molecule has 1 aromatic rings. The predicted molar refractivity (Wildman–Crippen MR) is 99.5 cm³/mol. The average Bonchev–Trinajstić information content (AvgIpc) is 2.45. The highest BCUT2D eigenvalue weighted by molar-refractivity contribution is 5.95. The summed E-state index contributed by atoms with van der Waals surface area (Å²) < 4.78 is 0. The number of nitrogens with one attached hydrogen (secondary N) is 1. The van der Waals surface area contributed by atoms with Crippen molar-refractivity contribution in [3.05, 3.63) is 29.8 Å². The lowest BCUT2D eigenvalue weighted by atomic mass is 9.81. The molecule has 1 aromatic carbocycles. The number of rotatable bonds is 4. The smallest absolute Gasteiger partial charge is 0.251 e. The minimum Gasteiger partial charge on any atom is -0.393 e. The van der Waals surface area contributed by atoms with E-state index in [1.165, 1.54) is 0 Å². The van der Waals surface area contributed by atoms with Crippen LogP contribution in [0, 0.1) is 5.41 Å². The van der Waals surface area contributed by atoms with Crippen molar-refractivity contribution < 1.29 is 9.90 Å². The summed E-state index contributed by atoms with van der Waals surface area (Å²) in [6.45, 7) is 12.4. The van der Waals surface area contributed by atoms with Crippen LogP contribution in [-0.4, -0.2) is 35.7 Å². The number of aliphatic hydroxyl groups is 1. The Labute approximate surface area is 146 Å². The highest BCUT2D eigenvalue weighted by Gasteiger charge is 2.27. The van der Waals surface area contributed by atoms with Crippen molar-refractivity contribution in [3.63, 3.8) is 0 Å². The molecule has 0 radical (unpaired) electrons. The SMILES string of the molecule is CC(C)(C)CC(C)(C)NC(=O)c1ccc(N2CCC(O)CC2)cc1. The normalized spacial score (nSPS) is 17.0. The first-order valence-electron chi connectivity index (χ1n) is 8.91. The maximum absolute atomic E-state index is 12.5. The number of aliphatic hydroxyl groups excluding tert-OH is 1. The van der Waals surface area contributed by atoms with Crippen LogP contribution >= 0.6 is 0 Å². The van der Waals surface area contributed by atoms with E-state index in [1.54, 1.807) is 0 Å². The first-order valence-corrected chi connectivity index (χ1v) is 8.91. The molecule has 2 N–H and O–H groups in total. The second-order valence-electron chi connectivity index (χ2n) is 8.84. The summed E-state index contributed by atoms with van der Waals surface area (Å²) in [4.78, 5) is 14.8. The molecule has 0 aliphatic carbocycles. The second-order valence-corrected chi connectivity index (χ2v) is 8.84. The van der Waals surface area contributed by atoms with Crippen molar-refractivity contribution in [2.45, 2.75) is 65.5 Å². The highest BCUT2D eigenvalue weighted by Crippen LogP contribution is 2.27. The van der Waals surface area contributed by atoms with Crippen molar-refractivity contribution in [1.82, 2.24) is 5.32 Å². The van der Waals surface area contributed by atoms with Gasteiger partial charge in [0.2, 0.25) is 0 Å². The predicted octanol–water partition coefficient (Wildman–Crippen LogP) is 3.59. The van der Waals surface area contributed by atoms with Crippen molar-refractivity contribution in [2.24, 2.45) is 5.41 Å². The zero-order valence-corrected chi connectivity index (χ0v) is 15.7. The molecule has 4 heteroatoms. The van der Waals surface area contributed by atoms with E-state index in [0.717, 1.165) is 38.0 Å². The molecule has 0 aromatic heterocycles. The molecule has 2 rings (SSSR count). The summed E-state index contributed by atoms with van der Waals surface area (Å²) in [5.41, 5.74) is 1.74. The molecule has 1 amide bonds. The number of carbonyl (C=O) groups is 1. The van der Waals surface area contributed by atoms with Crippen LogP contribution in [0.3, 0.4) is 0 Å². The number of anilines is 1. The molecule has 0 atom stereocenters. The molecule has 1 aliphatic heterocycles. The van der Waals surface area contributed by atoms with Crippen LogP contribution in [0.4, 0.5) is 5.69 Å². The van der Waals surface area contributed by atoms with Gasteiger partial charge in [-0.3, -0.25) is 4.79 Å². The van der Waals surface area contributed by atoms with E-state index >= 15 is 0 Å². The van der Waals surface area contributed by atoms with Gasteiger partial charge < -0.3 is 15.3 Å². The number of amides is 1. The first-order chi connectivity index (χ1) is 11.1. The zero-order valence-electron chi connectivity index (χ0n) is 15.7. The lowest BCUT2D eigenvalue weighted by Crippen LogP contribution is -2.45. The van der Waals surface area contributed by atoms with Gasteiger partial charge in [0.05, 0.1) is 6.10 Å². The van der Waals surface area contributed by atoms with Crippen LogP contribution in [0.2, 0.25) is 0 Å². The van der Waals surface area contributed by atoms with Gasteiger partial charge in [0.15, 0.2) is 0 Å². The van der Waals surface area contributed by atoms with E-state index in [-0.39, 0.29) is 23.0 Å². The third-order valence-corrected chi connectivity index (χ3v) is 4.38. The van der Waals surface area contributed by atoms with E-state index in [9.17, 15) is 9.90 Å². The number of hydrogen-bond donors (Lipinski definition) is 2. The van der Waals surface area contributed by atoms with Crippen LogP contribution in [0.1, 0.15) is 64.2 Å². The molecule has 4 nitrogen and oxygen atoms in total. The monoisotopic (exact) mass is 332 g/mol. The van der Waals surface area contributed by atoms with E-state index in [4.69, 9.17) is 0 Å². The summed E-state index contributed by atoms with van der Waals surface area (Å²) in [5, 5.41) is 12.7. The Morgan fingerprint density at radius 2 is 1.67 bits per heavy atom. The highest BCUT2D eigenvalue weighted by atomic mass is 16.3. The Morgan fingerprint density at radius 1 is 1.12 bits per heavy atom. The number of piperidine rings is 1. The topological polar surface area (TPSA) is 52.6 Å². The van der Waals surface area contributed by atoms with Gasteiger partial charge in [-0.25, -0.2) is 0 Å². The van der Waals surface area contributed by atoms with Crippen molar-refractivity contribution >= 4 is 11.6 Å². The molecule has 0 spiro atoms. The Hall–Kier alpha value is -1.55. The Bertz CT molecular complexity index is 550. The van der Waals surface area contributed by atoms with Gasteiger partial charge in [0, 0.05) is 29.9 Å². The largest absolute Gasteiger partial charge is 0.393 e. The van der Waals surface area contributed by atoms with Gasteiger partial charge in [-0.05, 0) is 62.8 Å². The van der Waals surface area contributed by atoms with Crippen molar-refractivity contribution in [3.8, 4) is 0 Å². The first kappa shape index (κ1) is 18.8. The van der Waals surface area contributed by atoms with Crippen LogP contribution in [-0.2, 0) is 0 Å². The Morgan fingerprint density at radius 3 is 2.17 bits per heavy atom. The molecule has 0 bridgehead atoms. The summed E-state index contributed by atoms with van der Waals surface area (Å²) in [7, 11) is 0. The quantitative estimate of drug-likeness (QED) is 0.886. The standard InChI is InChI=1S/C20H32N2O2/c1-19(2,3)14-20(4,5)21-18(24)15-6-8-16(9-7-15)22-12-10-17(23)11-13-22/h6-9,17,23H,10-14H2,1-5H3,(H,21,24). The number of nitrogens with zero attached hydrogens (tertiary/aromatic N) is 1. The molecule has 1 heterocycles. The summed E-state index contributed by atoms with van der Waals surface area (Å²) in [5.74, 6) is -0.0233. The lowest BCUT2D eigenvalue weighted by Gasteiger charge is -2.33. The van der Waals surface area contributed by atoms with Crippen molar-refractivity contribution in [2.75, 3.05) is 18.0 Å². The summed E-state index contributed by atoms with van der Waals surface area (Å²) in [6.07, 6.45) is 2.36. The van der Waals surface area contributed by atoms with Crippen LogP contribution in [0.25, 0.3) is 0 Å². The number of carbonyl (C=O) groups excluding carboxylic acids is 1. The molecule has 1 saturated heterocycles. The molecule has 1 fully saturated rings. The maximum atomic E-state index is 12.5. The molecule has 24 heavy (non-hydrogen) atoms. The van der Waals surface area contributed by atoms with Gasteiger partial charge in [0.25, 0.3) is 5.91 Å². The average molecular weight is 332 g/mol. The fourth-order valence-corrected chi connectivity index (χ4v) is 3.70. The van der Waals surface area contributed by atoms with E-state index in [1.807, 2.05) is 24.3 Å². The maximum Gasteiger partial charge on any atom is 0.251 e. The second kappa shape index (κ2) is 7.14. The molecule has 0 saturated carbocycles. The van der Waals surface area contributed by atoms with Gasteiger partial charge in [-0.2, -0.15) is 0 Å². The van der Waals surface area contributed by atoms with Gasteiger partial charge in [-0.15, -0.1) is 0 Å². The van der Waals surface area contributed by atoms with Crippen molar-refractivity contribution in [1.29, 1.82) is 0 Å². The third kappa shape index (κ3) is 5.52. The Balaban J connectivity index is 1.98. The minimum absolute atomic E-state index is 0.0233. The molecular weight excluding hydrogens is 300 g/mol.